The van der Waals surface area contributed by atoms with E-state index in [0.717, 1.165) is 12.0 Å². The Morgan fingerprint density at radius 3 is 2.42 bits per heavy atom. The summed E-state index contributed by atoms with van der Waals surface area (Å²) >= 11 is 7.01. The first-order chi connectivity index (χ1) is 14.1. The number of allylic oxidation sites excluding steroid dienone is 4. The van der Waals surface area contributed by atoms with Gasteiger partial charge in [0.15, 0.2) is 11.5 Å². The van der Waals surface area contributed by atoms with Crippen molar-refractivity contribution in [3.63, 3.8) is 0 Å². The Morgan fingerprint density at radius 2 is 1.84 bits per heavy atom. The second-order valence-corrected chi connectivity index (χ2v) is 15.0. The predicted octanol–water partition coefficient (Wildman–Crippen LogP) is 6.13. The molecule has 0 saturated carbocycles. The Morgan fingerprint density at radius 1 is 1.23 bits per heavy atom. The minimum absolute atomic E-state index is 0.0943. The highest BCUT2D eigenvalue weighted by atomic mass is 32.5. The molecule has 0 aromatic rings. The molecule has 2 heterocycles. The Balaban J connectivity index is 1.76. The largest absolute Gasteiger partial charge is 0.461 e. The van der Waals surface area contributed by atoms with Crippen molar-refractivity contribution in [3.05, 3.63) is 35.5 Å². The Bertz CT molecular complexity index is 875. The van der Waals surface area contributed by atoms with Crippen molar-refractivity contribution >= 4 is 36.7 Å². The lowest BCUT2D eigenvalue weighted by atomic mass is 9.90. The number of nitrogens with zero attached hydrogens (tertiary/aromatic N) is 2. The molecule has 0 spiro atoms. The Kier molecular flexibility index (Phi) is 6.81. The van der Waals surface area contributed by atoms with Crippen LogP contribution < -0.4 is 0 Å². The smallest absolute Gasteiger partial charge is 0.425 e. The number of carbonyl (C=O) groups excluding carboxylic acids is 1. The van der Waals surface area contributed by atoms with Crippen molar-refractivity contribution in [2.24, 2.45) is 10.8 Å². The van der Waals surface area contributed by atoms with Crippen LogP contribution in [0, 0.1) is 10.8 Å². The number of carbonyl (C=O) groups is 1. The maximum absolute atomic E-state index is 13.0. The van der Waals surface area contributed by atoms with Crippen LogP contribution in [0.2, 0.25) is 0 Å². The normalized spacial score (nSPS) is 23.8. The van der Waals surface area contributed by atoms with Crippen molar-refractivity contribution in [2.45, 2.75) is 60.4 Å². The zero-order chi connectivity index (χ0) is 23.2. The number of amides is 1. The summed E-state index contributed by atoms with van der Waals surface area (Å²) in [6, 6.07) is 0. The molecule has 1 fully saturated rings. The third-order valence-electron chi connectivity index (χ3n) is 4.99. The Hall–Kier alpha value is -0.830. The summed E-state index contributed by atoms with van der Waals surface area (Å²) in [6.45, 7) is 12.5. The molecular formula is C21H33N2O5PS2. The first-order valence-corrected chi connectivity index (χ1v) is 13.6. The van der Waals surface area contributed by atoms with Gasteiger partial charge >= 0.3 is 6.09 Å². The van der Waals surface area contributed by atoms with Gasteiger partial charge in [0.2, 0.25) is 0 Å². The van der Waals surface area contributed by atoms with E-state index in [0.29, 0.717) is 24.7 Å². The van der Waals surface area contributed by atoms with E-state index in [1.165, 1.54) is 16.4 Å². The van der Waals surface area contributed by atoms with Gasteiger partial charge in [-0.3, -0.25) is 0 Å². The van der Waals surface area contributed by atoms with E-state index in [1.54, 1.807) is 13.3 Å². The first kappa shape index (κ1) is 24.8. The lowest BCUT2D eigenvalue weighted by Gasteiger charge is -2.46. The minimum atomic E-state index is -2.78. The van der Waals surface area contributed by atoms with Gasteiger partial charge < -0.3 is 18.5 Å². The molecule has 2 aliphatic heterocycles. The van der Waals surface area contributed by atoms with Gasteiger partial charge in [-0.1, -0.05) is 33.8 Å². The molecule has 3 aliphatic rings. The predicted molar refractivity (Wildman–Crippen MR) is 127 cm³/mol. The Labute approximate surface area is 195 Å². The van der Waals surface area contributed by atoms with Gasteiger partial charge in [0.25, 0.3) is 6.64 Å². The van der Waals surface area contributed by atoms with Crippen LogP contribution >= 0.6 is 18.8 Å². The lowest BCUT2D eigenvalue weighted by molar-refractivity contribution is 0.0449. The molecule has 0 radical (unpaired) electrons. The van der Waals surface area contributed by atoms with E-state index in [9.17, 15) is 4.79 Å². The molecule has 1 aliphatic carbocycles. The quantitative estimate of drug-likeness (QED) is 0.346. The SMILES string of the molecule is CN(SN(C(C)(C)C)P1(=S)OCC(C)(C)CO1)C(=O)OC1=C2OC=CC=C2CC1(C)C. The fraction of sp³-hybridized carbons (Fsp3) is 0.667. The second kappa shape index (κ2) is 8.50. The second-order valence-electron chi connectivity index (χ2n) is 10.4. The van der Waals surface area contributed by atoms with Gasteiger partial charge in [0.05, 0.1) is 31.6 Å². The fourth-order valence-electron chi connectivity index (χ4n) is 3.33. The molecule has 0 unspecified atom stereocenters. The lowest BCUT2D eigenvalue weighted by Crippen LogP contribution is -2.42. The van der Waals surface area contributed by atoms with Crippen LogP contribution in [0.5, 0.6) is 0 Å². The molecule has 1 saturated heterocycles. The summed E-state index contributed by atoms with van der Waals surface area (Å²) in [4.78, 5) is 13.0. The summed E-state index contributed by atoms with van der Waals surface area (Å²) in [5.74, 6) is 1.16. The van der Waals surface area contributed by atoms with Crippen LogP contribution in [-0.4, -0.2) is 40.3 Å². The highest BCUT2D eigenvalue weighted by Crippen LogP contribution is 2.63. The highest BCUT2D eigenvalue weighted by Gasteiger charge is 2.45. The summed E-state index contributed by atoms with van der Waals surface area (Å²) in [6.07, 6.45) is 5.68. The average Bonchev–Trinajstić information content (AvgIpc) is 2.91. The molecule has 0 bridgehead atoms. The molecule has 174 valence electrons. The first-order valence-electron chi connectivity index (χ1n) is 10.3. The molecule has 0 atom stereocenters. The van der Waals surface area contributed by atoms with Crippen molar-refractivity contribution in [2.75, 3.05) is 20.3 Å². The van der Waals surface area contributed by atoms with Crippen molar-refractivity contribution in [1.29, 1.82) is 0 Å². The van der Waals surface area contributed by atoms with Crippen molar-refractivity contribution < 1.29 is 23.3 Å². The van der Waals surface area contributed by atoms with Gasteiger partial charge in [-0.05, 0) is 50.6 Å². The van der Waals surface area contributed by atoms with Crippen LogP contribution in [-0.2, 0) is 30.3 Å². The van der Waals surface area contributed by atoms with Crippen LogP contribution in [0.25, 0.3) is 0 Å². The molecule has 1 amide bonds. The number of rotatable bonds is 4. The van der Waals surface area contributed by atoms with E-state index in [1.807, 2.05) is 50.8 Å². The molecule has 31 heavy (non-hydrogen) atoms. The van der Waals surface area contributed by atoms with Gasteiger partial charge in [0, 0.05) is 23.4 Å². The zero-order valence-corrected chi connectivity index (χ0v) is 22.1. The van der Waals surface area contributed by atoms with Crippen LogP contribution in [0.3, 0.4) is 0 Å². The number of ether oxygens (including phenoxy) is 2. The topological polar surface area (TPSA) is 60.5 Å². The van der Waals surface area contributed by atoms with Gasteiger partial charge in [0.1, 0.15) is 0 Å². The van der Waals surface area contributed by atoms with Crippen molar-refractivity contribution in [3.8, 4) is 0 Å². The van der Waals surface area contributed by atoms with E-state index in [4.69, 9.17) is 30.3 Å². The minimum Gasteiger partial charge on any atom is -0.461 e. The van der Waals surface area contributed by atoms with E-state index < -0.39 is 18.3 Å². The van der Waals surface area contributed by atoms with Gasteiger partial charge in [-0.15, -0.1) is 0 Å². The standard InChI is InChI=1S/C21H33N2O5PS2/c1-19(2,3)23(29(30)26-13-20(4,5)14-27-29)31-22(8)18(24)28-17-16-15(10-9-11-25-16)12-21(17,6)7/h9-11H,12-14H2,1-8H3. The third kappa shape index (κ3) is 5.40. The van der Waals surface area contributed by atoms with Crippen molar-refractivity contribution in [1.82, 2.24) is 8.38 Å². The third-order valence-corrected chi connectivity index (χ3v) is 10.3. The summed E-state index contributed by atoms with van der Waals surface area (Å²) in [7, 11) is 1.66. The fourth-order valence-corrected chi connectivity index (χ4v) is 8.25. The molecule has 3 rings (SSSR count). The average molecular weight is 489 g/mol. The van der Waals surface area contributed by atoms with Crippen LogP contribution in [0.1, 0.15) is 54.9 Å². The molecule has 0 aromatic carbocycles. The molecule has 7 nitrogen and oxygen atoms in total. The molecular weight excluding hydrogens is 455 g/mol. The zero-order valence-electron chi connectivity index (χ0n) is 19.6. The number of hydrogen-bond donors (Lipinski definition) is 0. The van der Waals surface area contributed by atoms with E-state index in [2.05, 4.69) is 13.8 Å². The number of fused-ring (bicyclic) bond motifs is 1. The van der Waals surface area contributed by atoms with Crippen LogP contribution in [0.4, 0.5) is 4.79 Å². The van der Waals surface area contributed by atoms with E-state index >= 15 is 0 Å². The summed E-state index contributed by atoms with van der Waals surface area (Å²) in [5, 5.41) is 0. The van der Waals surface area contributed by atoms with E-state index in [-0.39, 0.29) is 10.8 Å². The molecule has 0 N–H and O–H groups in total. The summed E-state index contributed by atoms with van der Waals surface area (Å²) in [5.41, 5.74) is 0.191. The van der Waals surface area contributed by atoms with Gasteiger partial charge in [-0.2, -0.15) is 4.08 Å². The van der Waals surface area contributed by atoms with Gasteiger partial charge in [-0.25, -0.2) is 9.10 Å². The maximum Gasteiger partial charge on any atom is 0.425 e. The van der Waals surface area contributed by atoms with Crippen LogP contribution in [0.15, 0.2) is 35.5 Å². The summed E-state index contributed by atoms with van der Waals surface area (Å²) < 4.78 is 27.0. The highest BCUT2D eigenvalue weighted by molar-refractivity contribution is 8.15. The molecule has 0 aromatic heterocycles. The number of hydrogen-bond acceptors (Lipinski definition) is 7. The monoisotopic (exact) mass is 488 g/mol. The maximum atomic E-state index is 13.0. The molecule has 10 heteroatoms.